The molecule has 106 valence electrons. The van der Waals surface area contributed by atoms with E-state index in [2.05, 4.69) is 33.9 Å². The Hall–Kier alpha value is -0.690. The molecule has 0 atom stereocenters. The minimum absolute atomic E-state index is 0.129. The minimum atomic E-state index is 0.129. The lowest BCUT2D eigenvalue weighted by Gasteiger charge is -2.25. The average Bonchev–Trinajstić information content (AvgIpc) is 2.39. The standard InChI is InChI=1S/C14H17N3S3/c1-14(2,3)20-17(18-12-8-4-6-10-15-12)19-13-9-5-7-11-16-13/h4-11H,1-3H3. The molecule has 0 aliphatic carbocycles. The molecule has 0 aromatic carbocycles. The maximum Gasteiger partial charge on any atom is 0.113 e. The molecule has 2 rings (SSSR count). The van der Waals surface area contributed by atoms with Crippen LogP contribution in [0.2, 0.25) is 0 Å². The molecule has 20 heavy (non-hydrogen) atoms. The van der Waals surface area contributed by atoms with Gasteiger partial charge < -0.3 is 0 Å². The normalized spacial score (nSPS) is 11.8. The van der Waals surface area contributed by atoms with Gasteiger partial charge in [0.1, 0.15) is 10.1 Å². The fourth-order valence-corrected chi connectivity index (χ4v) is 5.19. The molecule has 6 heteroatoms. The summed E-state index contributed by atoms with van der Waals surface area (Å²) in [6.45, 7) is 6.59. The van der Waals surface area contributed by atoms with Gasteiger partial charge in [0, 0.05) is 41.0 Å². The van der Waals surface area contributed by atoms with Gasteiger partial charge in [0.2, 0.25) is 0 Å². The van der Waals surface area contributed by atoms with Gasteiger partial charge in [0.15, 0.2) is 0 Å². The molecule has 0 aliphatic heterocycles. The zero-order valence-electron chi connectivity index (χ0n) is 11.7. The van der Waals surface area contributed by atoms with E-state index in [4.69, 9.17) is 0 Å². The summed E-state index contributed by atoms with van der Waals surface area (Å²) in [6, 6.07) is 11.9. The maximum absolute atomic E-state index is 4.36. The third kappa shape index (κ3) is 5.75. The molecule has 0 N–H and O–H groups in total. The summed E-state index contributed by atoms with van der Waals surface area (Å²) in [5.41, 5.74) is 0. The first kappa shape index (κ1) is 15.7. The van der Waals surface area contributed by atoms with E-state index in [0.29, 0.717) is 0 Å². The Bertz CT molecular complexity index is 473. The van der Waals surface area contributed by atoms with E-state index in [1.165, 1.54) is 0 Å². The van der Waals surface area contributed by atoms with Gasteiger partial charge in [-0.25, -0.2) is 9.97 Å². The molecule has 0 saturated carbocycles. The lowest BCUT2D eigenvalue weighted by Crippen LogP contribution is -2.13. The van der Waals surface area contributed by atoms with Gasteiger partial charge in [-0.3, -0.25) is 0 Å². The van der Waals surface area contributed by atoms with Crippen molar-refractivity contribution in [3.05, 3.63) is 48.8 Å². The Morgan fingerprint density at radius 2 is 1.35 bits per heavy atom. The number of aromatic nitrogens is 2. The zero-order valence-corrected chi connectivity index (χ0v) is 14.1. The quantitative estimate of drug-likeness (QED) is 0.724. The van der Waals surface area contributed by atoms with Crippen LogP contribution in [0, 0.1) is 0 Å². The van der Waals surface area contributed by atoms with Crippen LogP contribution in [0.1, 0.15) is 20.8 Å². The Kier molecular flexibility index (Phi) is 5.77. The molecule has 2 aromatic heterocycles. The first-order chi connectivity index (χ1) is 9.53. The molecule has 2 aromatic rings. The van der Waals surface area contributed by atoms with Gasteiger partial charge in [-0.1, -0.05) is 12.1 Å². The lowest BCUT2D eigenvalue weighted by atomic mass is 10.3. The SMILES string of the molecule is CC(C)(C)SN(Sc1ccccn1)Sc1ccccn1. The summed E-state index contributed by atoms with van der Waals surface area (Å²) in [7, 11) is 0. The fraction of sp³-hybridized carbons (Fsp3) is 0.286. The van der Waals surface area contributed by atoms with E-state index >= 15 is 0 Å². The predicted molar refractivity (Wildman–Crippen MR) is 89.4 cm³/mol. The van der Waals surface area contributed by atoms with Gasteiger partial charge in [-0.2, -0.15) is 0 Å². The average molecular weight is 324 g/mol. The van der Waals surface area contributed by atoms with E-state index in [0.717, 1.165) is 10.1 Å². The van der Waals surface area contributed by atoms with Crippen molar-refractivity contribution < 1.29 is 0 Å². The van der Waals surface area contributed by atoms with E-state index in [1.807, 2.05) is 48.8 Å². The van der Waals surface area contributed by atoms with Crippen molar-refractivity contribution in [1.29, 1.82) is 0 Å². The molecule has 0 unspecified atom stereocenters. The third-order valence-electron chi connectivity index (χ3n) is 1.96. The van der Waals surface area contributed by atoms with Crippen LogP contribution in [0.5, 0.6) is 0 Å². The first-order valence-electron chi connectivity index (χ1n) is 6.20. The maximum atomic E-state index is 4.36. The van der Waals surface area contributed by atoms with Gasteiger partial charge >= 0.3 is 0 Å². The molecule has 0 radical (unpaired) electrons. The predicted octanol–water partition coefficient (Wildman–Crippen LogP) is 4.94. The van der Waals surface area contributed by atoms with Crippen molar-refractivity contribution in [3.8, 4) is 0 Å². The van der Waals surface area contributed by atoms with Crippen molar-refractivity contribution >= 4 is 35.8 Å². The number of rotatable bonds is 5. The highest BCUT2D eigenvalue weighted by molar-refractivity contribution is 8.25. The summed E-state index contributed by atoms with van der Waals surface area (Å²) in [6.07, 6.45) is 3.63. The lowest BCUT2D eigenvalue weighted by molar-refractivity contribution is 0.793. The highest BCUT2D eigenvalue weighted by Crippen LogP contribution is 2.43. The van der Waals surface area contributed by atoms with Crippen LogP contribution >= 0.6 is 35.8 Å². The van der Waals surface area contributed by atoms with E-state index in [1.54, 1.807) is 35.8 Å². The molecule has 0 bridgehead atoms. The van der Waals surface area contributed by atoms with Crippen LogP contribution in [0.4, 0.5) is 0 Å². The Morgan fingerprint density at radius 1 is 0.850 bits per heavy atom. The number of hydrogen-bond donors (Lipinski definition) is 0. The topological polar surface area (TPSA) is 29.0 Å². The van der Waals surface area contributed by atoms with Crippen LogP contribution in [0.25, 0.3) is 0 Å². The molecule has 0 fully saturated rings. The molecular formula is C14H17N3S3. The number of hydrogen-bond acceptors (Lipinski definition) is 6. The molecule has 3 nitrogen and oxygen atoms in total. The summed E-state index contributed by atoms with van der Waals surface area (Å²) in [5, 5.41) is 1.96. The van der Waals surface area contributed by atoms with Gasteiger partial charge in [0.25, 0.3) is 0 Å². The van der Waals surface area contributed by atoms with Crippen LogP contribution in [-0.2, 0) is 0 Å². The Morgan fingerprint density at radius 3 is 1.70 bits per heavy atom. The molecular weight excluding hydrogens is 306 g/mol. The van der Waals surface area contributed by atoms with E-state index < -0.39 is 0 Å². The first-order valence-corrected chi connectivity index (χ1v) is 8.52. The number of pyridine rings is 2. The highest BCUT2D eigenvalue weighted by Gasteiger charge is 2.20. The van der Waals surface area contributed by atoms with Crippen LogP contribution in [0.3, 0.4) is 0 Å². The zero-order chi connectivity index (χ0) is 14.4. The second-order valence-corrected chi connectivity index (χ2v) is 9.34. The van der Waals surface area contributed by atoms with Gasteiger partial charge in [-0.05, 0) is 57.0 Å². The monoisotopic (exact) mass is 323 g/mol. The van der Waals surface area contributed by atoms with Crippen molar-refractivity contribution in [1.82, 2.24) is 13.1 Å². The largest absolute Gasteiger partial charge is 0.249 e. The minimum Gasteiger partial charge on any atom is -0.249 e. The van der Waals surface area contributed by atoms with Crippen LogP contribution in [0.15, 0.2) is 58.8 Å². The van der Waals surface area contributed by atoms with Crippen molar-refractivity contribution in [3.63, 3.8) is 0 Å². The second-order valence-electron chi connectivity index (χ2n) is 4.95. The Labute approximate surface area is 133 Å². The molecule has 0 saturated heterocycles. The van der Waals surface area contributed by atoms with Crippen LogP contribution in [-0.4, -0.2) is 17.8 Å². The molecule has 0 spiro atoms. The smallest absolute Gasteiger partial charge is 0.113 e. The van der Waals surface area contributed by atoms with Crippen molar-refractivity contribution in [2.24, 2.45) is 0 Å². The third-order valence-corrected chi connectivity index (χ3v) is 5.15. The van der Waals surface area contributed by atoms with E-state index in [9.17, 15) is 0 Å². The summed E-state index contributed by atoms with van der Waals surface area (Å²) >= 11 is 5.01. The Balaban J connectivity index is 2.08. The van der Waals surface area contributed by atoms with Crippen LogP contribution < -0.4 is 0 Å². The fourth-order valence-electron chi connectivity index (χ4n) is 1.23. The van der Waals surface area contributed by atoms with Gasteiger partial charge in [-0.15, -0.1) is 3.12 Å². The molecule has 0 amide bonds. The van der Waals surface area contributed by atoms with Crippen molar-refractivity contribution in [2.45, 2.75) is 35.6 Å². The molecule has 2 heterocycles. The summed E-state index contributed by atoms with van der Waals surface area (Å²) < 4.78 is 2.29. The summed E-state index contributed by atoms with van der Waals surface area (Å²) in [4.78, 5) is 8.73. The summed E-state index contributed by atoms with van der Waals surface area (Å²) in [5.74, 6) is 0. The molecule has 0 aliphatic rings. The number of nitrogens with zero attached hydrogens (tertiary/aromatic N) is 3. The second kappa shape index (κ2) is 7.36. The highest BCUT2D eigenvalue weighted by atomic mass is 32.3. The van der Waals surface area contributed by atoms with E-state index in [-0.39, 0.29) is 4.75 Å². The van der Waals surface area contributed by atoms with Crippen molar-refractivity contribution in [2.75, 3.05) is 0 Å². The van der Waals surface area contributed by atoms with Gasteiger partial charge in [0.05, 0.1) is 0 Å².